The van der Waals surface area contributed by atoms with Crippen molar-refractivity contribution in [2.75, 3.05) is 11.5 Å². The Balaban J connectivity index is 2.06. The van der Waals surface area contributed by atoms with E-state index in [0.29, 0.717) is 12.8 Å². The van der Waals surface area contributed by atoms with Crippen LogP contribution in [0.4, 0.5) is 0 Å². The molecule has 1 aliphatic carbocycles. The van der Waals surface area contributed by atoms with Gasteiger partial charge in [-0.1, -0.05) is 31.2 Å². The highest BCUT2D eigenvalue weighted by Gasteiger charge is 2.30. The fourth-order valence-corrected chi connectivity index (χ4v) is 3.15. The van der Waals surface area contributed by atoms with Gasteiger partial charge in [-0.05, 0) is 18.4 Å². The van der Waals surface area contributed by atoms with Gasteiger partial charge in [0.25, 0.3) is 0 Å². The Bertz CT molecular complexity index is 531. The number of Topliss-reactive ketones (excluding diaryl/α,β-unsaturated/α-hetero) is 1. The molecule has 1 unspecified atom stereocenters. The number of rotatable bonds is 4. The van der Waals surface area contributed by atoms with Gasteiger partial charge in [0.05, 0.1) is 5.75 Å². The lowest BCUT2D eigenvalue weighted by molar-refractivity contribution is 0.0934. The number of carbonyl (C=O) groups excluding carboxylic acids is 1. The van der Waals surface area contributed by atoms with E-state index in [9.17, 15) is 13.2 Å². The summed E-state index contributed by atoms with van der Waals surface area (Å²) in [6.45, 7) is 1.64. The first kappa shape index (κ1) is 12.3. The maximum Gasteiger partial charge on any atom is 0.166 e. The van der Waals surface area contributed by atoms with Gasteiger partial charge in [-0.3, -0.25) is 4.79 Å². The monoisotopic (exact) mass is 252 g/mol. The van der Waals surface area contributed by atoms with Crippen LogP contribution in [-0.2, 0) is 16.3 Å². The average Bonchev–Trinajstić information content (AvgIpc) is 2.65. The van der Waals surface area contributed by atoms with E-state index >= 15 is 0 Å². The van der Waals surface area contributed by atoms with Gasteiger partial charge in [-0.2, -0.15) is 0 Å². The summed E-state index contributed by atoms with van der Waals surface area (Å²) in [5.41, 5.74) is 1.82. The second-order valence-corrected chi connectivity index (χ2v) is 6.92. The van der Waals surface area contributed by atoms with Crippen LogP contribution >= 0.6 is 0 Å². The number of sulfone groups is 1. The zero-order valence-electron chi connectivity index (χ0n) is 9.85. The van der Waals surface area contributed by atoms with Crippen molar-refractivity contribution in [1.29, 1.82) is 0 Å². The Morgan fingerprint density at radius 1 is 1.29 bits per heavy atom. The van der Waals surface area contributed by atoms with E-state index in [0.717, 1.165) is 11.1 Å². The molecule has 0 bridgehead atoms. The summed E-state index contributed by atoms with van der Waals surface area (Å²) in [5.74, 6) is 0.231. The summed E-state index contributed by atoms with van der Waals surface area (Å²) < 4.78 is 22.8. The summed E-state index contributed by atoms with van der Waals surface area (Å²) in [6.07, 6.45) is 1.14. The van der Waals surface area contributed by atoms with E-state index in [-0.39, 0.29) is 23.2 Å². The number of hydrogen-bond donors (Lipinski definition) is 0. The molecule has 0 saturated heterocycles. The van der Waals surface area contributed by atoms with Gasteiger partial charge in [0.15, 0.2) is 5.78 Å². The molecule has 1 aliphatic rings. The minimum atomic E-state index is -2.97. The highest BCUT2D eigenvalue weighted by Crippen LogP contribution is 2.28. The van der Waals surface area contributed by atoms with Crippen molar-refractivity contribution in [3.63, 3.8) is 0 Å². The molecular weight excluding hydrogens is 236 g/mol. The lowest BCUT2D eigenvalue weighted by Gasteiger charge is -2.07. The van der Waals surface area contributed by atoms with Gasteiger partial charge in [-0.25, -0.2) is 8.42 Å². The molecule has 0 amide bonds. The van der Waals surface area contributed by atoms with Crippen LogP contribution in [0.15, 0.2) is 24.3 Å². The van der Waals surface area contributed by atoms with Crippen molar-refractivity contribution in [2.24, 2.45) is 5.92 Å². The molecule has 0 N–H and O–H groups in total. The van der Waals surface area contributed by atoms with E-state index in [2.05, 4.69) is 0 Å². The molecule has 17 heavy (non-hydrogen) atoms. The molecule has 0 radical (unpaired) electrons. The third-order valence-electron chi connectivity index (χ3n) is 3.34. The summed E-state index contributed by atoms with van der Waals surface area (Å²) >= 11 is 0. The second kappa shape index (κ2) is 4.61. The molecular formula is C13H16O3S. The Hall–Kier alpha value is -1.16. The van der Waals surface area contributed by atoms with Crippen molar-refractivity contribution in [2.45, 2.75) is 19.8 Å². The molecule has 4 heteroatoms. The molecule has 1 aromatic carbocycles. The highest BCUT2D eigenvalue weighted by atomic mass is 32.2. The van der Waals surface area contributed by atoms with E-state index < -0.39 is 9.84 Å². The van der Waals surface area contributed by atoms with Gasteiger partial charge in [0, 0.05) is 17.2 Å². The zero-order chi connectivity index (χ0) is 12.5. The maximum atomic E-state index is 12.0. The smallest absolute Gasteiger partial charge is 0.166 e. The lowest BCUT2D eigenvalue weighted by Crippen LogP contribution is -2.16. The normalized spacial score (nSPS) is 19.4. The summed E-state index contributed by atoms with van der Waals surface area (Å²) in [4.78, 5) is 12.0. The number of fused-ring (bicyclic) bond motifs is 1. The molecule has 0 spiro atoms. The molecule has 0 aliphatic heterocycles. The molecule has 0 saturated carbocycles. The van der Waals surface area contributed by atoms with Gasteiger partial charge in [0.2, 0.25) is 0 Å². The molecule has 0 heterocycles. The highest BCUT2D eigenvalue weighted by molar-refractivity contribution is 7.91. The molecule has 2 rings (SSSR count). The first-order valence-electron chi connectivity index (χ1n) is 5.86. The van der Waals surface area contributed by atoms with Crippen LogP contribution in [0.25, 0.3) is 0 Å². The topological polar surface area (TPSA) is 51.2 Å². The van der Waals surface area contributed by atoms with Crippen molar-refractivity contribution < 1.29 is 13.2 Å². The fraction of sp³-hybridized carbons (Fsp3) is 0.462. The number of benzene rings is 1. The number of hydrogen-bond acceptors (Lipinski definition) is 3. The minimum Gasteiger partial charge on any atom is -0.294 e. The van der Waals surface area contributed by atoms with Crippen LogP contribution in [0.5, 0.6) is 0 Å². The molecule has 0 aromatic heterocycles. The van der Waals surface area contributed by atoms with E-state index in [1.807, 2.05) is 24.3 Å². The molecule has 0 fully saturated rings. The summed E-state index contributed by atoms with van der Waals surface area (Å²) in [5, 5.41) is 0. The third-order valence-corrected chi connectivity index (χ3v) is 5.07. The first-order chi connectivity index (χ1) is 8.03. The second-order valence-electron chi connectivity index (χ2n) is 4.45. The standard InChI is InChI=1S/C13H16O3S/c1-2-17(15,16)8-7-11-9-10-5-3-4-6-12(10)13(11)14/h3-6,11H,2,7-9H2,1H3. The van der Waals surface area contributed by atoms with Crippen LogP contribution in [0.3, 0.4) is 0 Å². The Kier molecular flexibility index (Phi) is 3.33. The van der Waals surface area contributed by atoms with Crippen LogP contribution in [0.1, 0.15) is 29.3 Å². The predicted molar refractivity (Wildman–Crippen MR) is 66.9 cm³/mol. The van der Waals surface area contributed by atoms with E-state index in [4.69, 9.17) is 0 Å². The first-order valence-corrected chi connectivity index (χ1v) is 7.68. The molecule has 1 atom stereocenters. The number of carbonyl (C=O) groups is 1. The van der Waals surface area contributed by atoms with Gasteiger partial charge < -0.3 is 0 Å². The Morgan fingerprint density at radius 2 is 2.00 bits per heavy atom. The predicted octanol–water partition coefficient (Wildman–Crippen LogP) is 1.87. The third kappa shape index (κ3) is 2.57. The molecule has 92 valence electrons. The van der Waals surface area contributed by atoms with Crippen molar-refractivity contribution in [1.82, 2.24) is 0 Å². The van der Waals surface area contributed by atoms with Crippen LogP contribution in [0.2, 0.25) is 0 Å². The molecule has 3 nitrogen and oxygen atoms in total. The van der Waals surface area contributed by atoms with Gasteiger partial charge >= 0.3 is 0 Å². The quantitative estimate of drug-likeness (QED) is 0.822. The Morgan fingerprint density at radius 3 is 2.65 bits per heavy atom. The summed E-state index contributed by atoms with van der Waals surface area (Å²) in [6, 6.07) is 7.53. The molecule has 1 aromatic rings. The lowest BCUT2D eigenvalue weighted by atomic mass is 10.0. The fourth-order valence-electron chi connectivity index (χ4n) is 2.22. The van der Waals surface area contributed by atoms with Crippen molar-refractivity contribution >= 4 is 15.6 Å². The van der Waals surface area contributed by atoms with E-state index in [1.165, 1.54) is 0 Å². The number of ketones is 1. The van der Waals surface area contributed by atoms with E-state index in [1.54, 1.807) is 6.92 Å². The maximum absolute atomic E-state index is 12.0. The largest absolute Gasteiger partial charge is 0.294 e. The summed E-state index contributed by atoms with van der Waals surface area (Å²) in [7, 11) is -2.97. The van der Waals surface area contributed by atoms with Crippen molar-refractivity contribution in [3.05, 3.63) is 35.4 Å². The van der Waals surface area contributed by atoms with Crippen LogP contribution in [0, 0.1) is 5.92 Å². The van der Waals surface area contributed by atoms with Gasteiger partial charge in [-0.15, -0.1) is 0 Å². The average molecular weight is 252 g/mol. The minimum absolute atomic E-state index is 0.104. The van der Waals surface area contributed by atoms with Crippen LogP contribution < -0.4 is 0 Å². The van der Waals surface area contributed by atoms with Crippen molar-refractivity contribution in [3.8, 4) is 0 Å². The van der Waals surface area contributed by atoms with Gasteiger partial charge in [0.1, 0.15) is 9.84 Å². The SMILES string of the molecule is CCS(=O)(=O)CCC1Cc2ccccc2C1=O. The van der Waals surface area contributed by atoms with Crippen LogP contribution in [-0.4, -0.2) is 25.7 Å². The zero-order valence-corrected chi connectivity index (χ0v) is 10.7. The Labute approximate surface area is 102 Å².